The molecule has 27 heavy (non-hydrogen) atoms. The minimum Gasteiger partial charge on any atom is -0.354 e. The zero-order valence-electron chi connectivity index (χ0n) is 15.1. The number of benzene rings is 2. The Morgan fingerprint density at radius 1 is 0.963 bits per heavy atom. The summed E-state index contributed by atoms with van der Waals surface area (Å²) in [4.78, 5) is 25.8. The molecule has 0 aliphatic heterocycles. The molecule has 3 aromatic rings. The van der Waals surface area contributed by atoms with Crippen LogP contribution in [0, 0.1) is 6.92 Å². The number of hydrogen-bond donors (Lipinski definition) is 2. The van der Waals surface area contributed by atoms with Gasteiger partial charge in [-0.3, -0.25) is 9.59 Å². The van der Waals surface area contributed by atoms with Gasteiger partial charge in [0.15, 0.2) is 0 Å². The third kappa shape index (κ3) is 5.05. The molecule has 5 heteroatoms. The summed E-state index contributed by atoms with van der Waals surface area (Å²) >= 11 is 1.35. The highest BCUT2D eigenvalue weighted by Gasteiger charge is 2.23. The molecule has 0 radical (unpaired) electrons. The van der Waals surface area contributed by atoms with E-state index >= 15 is 0 Å². The van der Waals surface area contributed by atoms with Crippen molar-refractivity contribution in [2.45, 2.75) is 19.4 Å². The van der Waals surface area contributed by atoms with Crippen molar-refractivity contribution in [3.63, 3.8) is 0 Å². The molecule has 1 aromatic heterocycles. The van der Waals surface area contributed by atoms with Gasteiger partial charge in [0.1, 0.15) is 6.04 Å². The van der Waals surface area contributed by atoms with Crippen molar-refractivity contribution in [1.29, 1.82) is 0 Å². The largest absolute Gasteiger partial charge is 0.354 e. The molecule has 1 atom stereocenters. The molecular weight excluding hydrogens is 356 g/mol. The number of nitrogens with one attached hydrogen (secondary N) is 2. The summed E-state index contributed by atoms with van der Waals surface area (Å²) in [5, 5.41) is 7.65. The topological polar surface area (TPSA) is 58.2 Å². The van der Waals surface area contributed by atoms with Gasteiger partial charge >= 0.3 is 0 Å². The van der Waals surface area contributed by atoms with Crippen LogP contribution in [0.3, 0.4) is 0 Å². The Morgan fingerprint density at radius 2 is 1.70 bits per heavy atom. The minimum atomic E-state index is -0.724. The van der Waals surface area contributed by atoms with Gasteiger partial charge in [0.05, 0.1) is 4.88 Å². The van der Waals surface area contributed by atoms with Gasteiger partial charge in [-0.15, -0.1) is 11.3 Å². The average molecular weight is 378 g/mol. The van der Waals surface area contributed by atoms with E-state index in [0.29, 0.717) is 11.4 Å². The zero-order chi connectivity index (χ0) is 19.1. The number of thiophene rings is 1. The standard InChI is InChI=1S/C22H22N2O2S/c1-16-8-5-6-9-17(16)13-14-23-22(26)20(18-10-3-2-4-11-18)24-21(25)19-12-7-15-27-19/h2-12,15,20H,13-14H2,1H3,(H,23,26)(H,24,25). The first kappa shape index (κ1) is 18.9. The monoisotopic (exact) mass is 378 g/mol. The van der Waals surface area contributed by atoms with Crippen LogP contribution in [-0.4, -0.2) is 18.4 Å². The number of carbonyl (C=O) groups excluding carboxylic acids is 2. The smallest absolute Gasteiger partial charge is 0.262 e. The molecule has 0 aliphatic carbocycles. The summed E-state index contributed by atoms with van der Waals surface area (Å²) in [6, 6.07) is 20.3. The molecule has 0 aliphatic rings. The Bertz CT molecular complexity index is 892. The van der Waals surface area contributed by atoms with Gasteiger partial charge in [0.2, 0.25) is 5.91 Å². The van der Waals surface area contributed by atoms with Crippen LogP contribution in [0.2, 0.25) is 0 Å². The van der Waals surface area contributed by atoms with E-state index in [4.69, 9.17) is 0 Å². The maximum atomic E-state index is 12.8. The molecule has 0 saturated carbocycles. The molecule has 2 N–H and O–H groups in total. The summed E-state index contributed by atoms with van der Waals surface area (Å²) in [6.07, 6.45) is 0.749. The molecule has 4 nitrogen and oxygen atoms in total. The highest BCUT2D eigenvalue weighted by molar-refractivity contribution is 7.12. The molecule has 0 bridgehead atoms. The van der Waals surface area contributed by atoms with Gasteiger partial charge in [0.25, 0.3) is 5.91 Å². The number of amides is 2. The van der Waals surface area contributed by atoms with Crippen LogP contribution in [-0.2, 0) is 11.2 Å². The summed E-state index contributed by atoms with van der Waals surface area (Å²) in [7, 11) is 0. The van der Waals surface area contributed by atoms with E-state index in [2.05, 4.69) is 29.7 Å². The fourth-order valence-electron chi connectivity index (χ4n) is 2.87. The van der Waals surface area contributed by atoms with Crippen LogP contribution in [0.1, 0.15) is 32.4 Å². The Hall–Kier alpha value is -2.92. The molecule has 1 heterocycles. The van der Waals surface area contributed by atoms with Crippen molar-refractivity contribution < 1.29 is 9.59 Å². The van der Waals surface area contributed by atoms with E-state index in [1.165, 1.54) is 22.5 Å². The van der Waals surface area contributed by atoms with Crippen molar-refractivity contribution >= 4 is 23.2 Å². The van der Waals surface area contributed by atoms with Crippen molar-refractivity contribution in [2.24, 2.45) is 0 Å². The Morgan fingerprint density at radius 3 is 2.41 bits per heavy atom. The lowest BCUT2D eigenvalue weighted by Crippen LogP contribution is -2.40. The molecule has 3 rings (SSSR count). The van der Waals surface area contributed by atoms with Crippen LogP contribution in [0.15, 0.2) is 72.1 Å². The third-order valence-corrected chi connectivity index (χ3v) is 5.24. The summed E-state index contributed by atoms with van der Waals surface area (Å²) in [6.45, 7) is 2.58. The van der Waals surface area contributed by atoms with Gasteiger partial charge < -0.3 is 10.6 Å². The van der Waals surface area contributed by atoms with Crippen LogP contribution in [0.4, 0.5) is 0 Å². The van der Waals surface area contributed by atoms with Gasteiger partial charge in [-0.1, -0.05) is 60.7 Å². The van der Waals surface area contributed by atoms with Crippen LogP contribution < -0.4 is 10.6 Å². The number of hydrogen-bond acceptors (Lipinski definition) is 3. The molecule has 0 spiro atoms. The predicted octanol–water partition coefficient (Wildman–Crippen LogP) is 3.89. The maximum absolute atomic E-state index is 12.8. The first-order valence-corrected chi connectivity index (χ1v) is 9.74. The van der Waals surface area contributed by atoms with Gasteiger partial charge in [-0.2, -0.15) is 0 Å². The van der Waals surface area contributed by atoms with Crippen molar-refractivity contribution in [3.05, 3.63) is 93.7 Å². The summed E-state index contributed by atoms with van der Waals surface area (Å²) < 4.78 is 0. The van der Waals surface area contributed by atoms with E-state index in [0.717, 1.165) is 12.0 Å². The second kappa shape index (κ2) is 9.14. The van der Waals surface area contributed by atoms with Crippen LogP contribution >= 0.6 is 11.3 Å². The predicted molar refractivity (Wildman–Crippen MR) is 109 cm³/mol. The Kier molecular flexibility index (Phi) is 6.39. The fraction of sp³-hybridized carbons (Fsp3) is 0.182. The van der Waals surface area contributed by atoms with E-state index in [1.54, 1.807) is 6.07 Å². The number of carbonyl (C=O) groups is 2. The first-order chi connectivity index (χ1) is 13.1. The second-order valence-corrected chi connectivity index (χ2v) is 7.21. The maximum Gasteiger partial charge on any atom is 0.262 e. The number of rotatable bonds is 7. The van der Waals surface area contributed by atoms with Crippen molar-refractivity contribution in [2.75, 3.05) is 6.54 Å². The lowest BCUT2D eigenvalue weighted by Gasteiger charge is -2.19. The summed E-state index contributed by atoms with van der Waals surface area (Å²) in [5.41, 5.74) is 3.17. The van der Waals surface area contributed by atoms with Crippen LogP contribution in [0.25, 0.3) is 0 Å². The Labute approximate surface area is 163 Å². The van der Waals surface area contributed by atoms with Crippen LogP contribution in [0.5, 0.6) is 0 Å². The van der Waals surface area contributed by atoms with E-state index in [-0.39, 0.29) is 11.8 Å². The molecule has 138 valence electrons. The molecule has 2 amide bonds. The second-order valence-electron chi connectivity index (χ2n) is 6.26. The Balaban J connectivity index is 1.67. The van der Waals surface area contributed by atoms with Gasteiger partial charge in [-0.25, -0.2) is 0 Å². The molecule has 0 saturated heterocycles. The van der Waals surface area contributed by atoms with Gasteiger partial charge in [0, 0.05) is 6.54 Å². The fourth-order valence-corrected chi connectivity index (χ4v) is 3.50. The van der Waals surface area contributed by atoms with Crippen molar-refractivity contribution in [3.8, 4) is 0 Å². The third-order valence-electron chi connectivity index (χ3n) is 4.37. The first-order valence-electron chi connectivity index (χ1n) is 8.86. The van der Waals surface area contributed by atoms with Gasteiger partial charge in [-0.05, 0) is 41.5 Å². The number of aryl methyl sites for hydroxylation is 1. The van der Waals surface area contributed by atoms with Crippen molar-refractivity contribution in [1.82, 2.24) is 10.6 Å². The van der Waals surface area contributed by atoms with E-state index in [9.17, 15) is 9.59 Å². The lowest BCUT2D eigenvalue weighted by molar-refractivity contribution is -0.123. The summed E-state index contributed by atoms with van der Waals surface area (Å²) in [5.74, 6) is -0.451. The van der Waals surface area contributed by atoms with E-state index < -0.39 is 6.04 Å². The quantitative estimate of drug-likeness (QED) is 0.655. The average Bonchev–Trinajstić information content (AvgIpc) is 3.23. The molecule has 0 fully saturated rings. The molecule has 1 unspecified atom stereocenters. The lowest BCUT2D eigenvalue weighted by atomic mass is 10.0. The molecular formula is C22H22N2O2S. The van der Waals surface area contributed by atoms with E-state index in [1.807, 2.05) is 53.9 Å². The highest BCUT2D eigenvalue weighted by Crippen LogP contribution is 2.16. The minimum absolute atomic E-state index is 0.209. The normalized spacial score (nSPS) is 11.6. The SMILES string of the molecule is Cc1ccccc1CCNC(=O)C(NC(=O)c1cccs1)c1ccccc1. The zero-order valence-corrected chi connectivity index (χ0v) is 16.0. The highest BCUT2D eigenvalue weighted by atomic mass is 32.1. The molecule has 2 aromatic carbocycles.